The molecule has 19 heavy (non-hydrogen) atoms. The van der Waals surface area contributed by atoms with E-state index in [-0.39, 0.29) is 24.5 Å². The summed E-state index contributed by atoms with van der Waals surface area (Å²) in [4.78, 5) is 23.6. The first-order valence-electron chi connectivity index (χ1n) is 6.38. The summed E-state index contributed by atoms with van der Waals surface area (Å²) >= 11 is 0. The summed E-state index contributed by atoms with van der Waals surface area (Å²) in [5, 5.41) is 14.3. The highest BCUT2D eigenvalue weighted by Gasteiger charge is 2.11. The van der Waals surface area contributed by atoms with Gasteiger partial charge in [-0.2, -0.15) is 0 Å². The van der Waals surface area contributed by atoms with Crippen LogP contribution in [0.1, 0.15) is 41.0 Å². The maximum atomic E-state index is 11.8. The van der Waals surface area contributed by atoms with Crippen molar-refractivity contribution in [2.45, 2.75) is 26.3 Å². The standard InChI is InChI=1S/C14H20N2O3/c1-3-7-15-13(18)11-5-4-6-12(8-11)14(19)16-10(2)9-17/h4-6,8,10,17H,3,7,9H2,1-2H3,(H,15,18)(H,16,19). The van der Waals surface area contributed by atoms with Crippen LogP contribution in [-0.2, 0) is 0 Å². The fourth-order valence-corrected chi connectivity index (χ4v) is 1.50. The average molecular weight is 264 g/mol. The predicted octanol–water partition coefficient (Wildman–Crippen LogP) is 0.937. The molecule has 0 aromatic heterocycles. The monoisotopic (exact) mass is 264 g/mol. The minimum Gasteiger partial charge on any atom is -0.394 e. The van der Waals surface area contributed by atoms with E-state index in [1.807, 2.05) is 6.92 Å². The second kappa shape index (κ2) is 7.53. The van der Waals surface area contributed by atoms with E-state index in [1.165, 1.54) is 0 Å². The molecule has 2 amide bonds. The summed E-state index contributed by atoms with van der Waals surface area (Å²) in [6.07, 6.45) is 0.861. The SMILES string of the molecule is CCCNC(=O)c1cccc(C(=O)NC(C)CO)c1. The molecule has 0 heterocycles. The molecule has 0 radical (unpaired) electrons. The third-order valence-corrected chi connectivity index (χ3v) is 2.57. The van der Waals surface area contributed by atoms with Gasteiger partial charge >= 0.3 is 0 Å². The van der Waals surface area contributed by atoms with Crippen LogP contribution in [-0.4, -0.2) is 36.1 Å². The highest BCUT2D eigenvalue weighted by molar-refractivity contribution is 5.99. The third kappa shape index (κ3) is 4.71. The van der Waals surface area contributed by atoms with Crippen LogP contribution in [0.4, 0.5) is 0 Å². The second-order valence-corrected chi connectivity index (χ2v) is 4.39. The summed E-state index contributed by atoms with van der Waals surface area (Å²) in [6, 6.07) is 6.20. The van der Waals surface area contributed by atoms with Gasteiger partial charge in [-0.15, -0.1) is 0 Å². The molecule has 0 bridgehead atoms. The summed E-state index contributed by atoms with van der Waals surface area (Å²) < 4.78 is 0. The van der Waals surface area contributed by atoms with Gasteiger partial charge in [0, 0.05) is 23.7 Å². The van der Waals surface area contributed by atoms with Crippen molar-refractivity contribution in [2.75, 3.05) is 13.2 Å². The first-order valence-corrected chi connectivity index (χ1v) is 6.38. The van der Waals surface area contributed by atoms with Gasteiger partial charge in [0.25, 0.3) is 11.8 Å². The Kier molecular flexibility index (Phi) is 6.02. The third-order valence-electron chi connectivity index (χ3n) is 2.57. The van der Waals surface area contributed by atoms with Gasteiger partial charge in [0.2, 0.25) is 0 Å². The van der Waals surface area contributed by atoms with Gasteiger partial charge in [-0.05, 0) is 31.5 Å². The Balaban J connectivity index is 2.76. The highest BCUT2D eigenvalue weighted by Crippen LogP contribution is 2.06. The van der Waals surface area contributed by atoms with Crippen molar-refractivity contribution < 1.29 is 14.7 Å². The number of nitrogens with one attached hydrogen (secondary N) is 2. The van der Waals surface area contributed by atoms with Crippen LogP contribution in [0.2, 0.25) is 0 Å². The minimum atomic E-state index is -0.315. The Hall–Kier alpha value is -1.88. The molecule has 104 valence electrons. The fraction of sp³-hybridized carbons (Fsp3) is 0.429. The normalized spacial score (nSPS) is 11.7. The molecule has 0 fully saturated rings. The molecule has 1 unspecified atom stereocenters. The number of aliphatic hydroxyl groups excluding tert-OH is 1. The highest BCUT2D eigenvalue weighted by atomic mass is 16.3. The molecular weight excluding hydrogens is 244 g/mol. The van der Waals surface area contributed by atoms with Crippen molar-refractivity contribution in [1.29, 1.82) is 0 Å². The van der Waals surface area contributed by atoms with Crippen LogP contribution in [0.25, 0.3) is 0 Å². The summed E-state index contributed by atoms with van der Waals surface area (Å²) in [5.74, 6) is -0.488. The Morgan fingerprint density at radius 1 is 1.26 bits per heavy atom. The van der Waals surface area contributed by atoms with E-state index in [9.17, 15) is 9.59 Å². The molecule has 0 saturated heterocycles. The van der Waals surface area contributed by atoms with Gasteiger partial charge in [-0.25, -0.2) is 0 Å². The van der Waals surface area contributed by atoms with Crippen LogP contribution in [0.3, 0.4) is 0 Å². The van der Waals surface area contributed by atoms with E-state index in [0.717, 1.165) is 6.42 Å². The zero-order valence-corrected chi connectivity index (χ0v) is 11.3. The molecule has 5 nitrogen and oxygen atoms in total. The number of carbonyl (C=O) groups is 2. The van der Waals surface area contributed by atoms with Gasteiger partial charge < -0.3 is 15.7 Å². The van der Waals surface area contributed by atoms with E-state index in [0.29, 0.717) is 17.7 Å². The first-order chi connectivity index (χ1) is 9.08. The summed E-state index contributed by atoms with van der Waals surface area (Å²) in [6.45, 7) is 4.16. The Morgan fingerprint density at radius 2 is 1.89 bits per heavy atom. The lowest BCUT2D eigenvalue weighted by molar-refractivity contribution is 0.0922. The molecule has 1 atom stereocenters. The number of rotatable bonds is 6. The smallest absolute Gasteiger partial charge is 0.251 e. The van der Waals surface area contributed by atoms with Gasteiger partial charge in [0.05, 0.1) is 6.61 Å². The molecule has 1 aromatic carbocycles. The Labute approximate surface area is 113 Å². The zero-order chi connectivity index (χ0) is 14.3. The number of benzene rings is 1. The molecule has 5 heteroatoms. The second-order valence-electron chi connectivity index (χ2n) is 4.39. The number of aliphatic hydroxyl groups is 1. The Bertz CT molecular complexity index is 446. The van der Waals surface area contributed by atoms with Crippen molar-refractivity contribution in [3.05, 3.63) is 35.4 Å². The summed E-state index contributed by atoms with van der Waals surface area (Å²) in [7, 11) is 0. The van der Waals surface area contributed by atoms with Crippen molar-refractivity contribution >= 4 is 11.8 Å². The average Bonchev–Trinajstić information content (AvgIpc) is 2.44. The van der Waals surface area contributed by atoms with Gasteiger partial charge in [0.15, 0.2) is 0 Å². The summed E-state index contributed by atoms with van der Waals surface area (Å²) in [5.41, 5.74) is 0.863. The molecule has 0 aliphatic heterocycles. The van der Waals surface area contributed by atoms with E-state index in [1.54, 1.807) is 31.2 Å². The predicted molar refractivity (Wildman–Crippen MR) is 73.1 cm³/mol. The molecule has 1 aromatic rings. The van der Waals surface area contributed by atoms with E-state index in [2.05, 4.69) is 10.6 Å². The maximum absolute atomic E-state index is 11.8. The zero-order valence-electron chi connectivity index (χ0n) is 11.3. The van der Waals surface area contributed by atoms with Gasteiger partial charge in [0.1, 0.15) is 0 Å². The van der Waals surface area contributed by atoms with E-state index < -0.39 is 0 Å². The molecule has 1 rings (SSSR count). The molecule has 0 saturated carbocycles. The maximum Gasteiger partial charge on any atom is 0.251 e. The lowest BCUT2D eigenvalue weighted by Crippen LogP contribution is -2.35. The molecule has 0 aliphatic carbocycles. The lowest BCUT2D eigenvalue weighted by Gasteiger charge is -2.11. The lowest BCUT2D eigenvalue weighted by atomic mass is 10.1. The number of carbonyl (C=O) groups excluding carboxylic acids is 2. The quantitative estimate of drug-likeness (QED) is 0.715. The number of amides is 2. The van der Waals surface area contributed by atoms with E-state index in [4.69, 9.17) is 5.11 Å². The topological polar surface area (TPSA) is 78.4 Å². The van der Waals surface area contributed by atoms with Crippen LogP contribution in [0, 0.1) is 0 Å². The molecule has 0 spiro atoms. The van der Waals surface area contributed by atoms with Crippen LogP contribution in [0.15, 0.2) is 24.3 Å². The van der Waals surface area contributed by atoms with Gasteiger partial charge in [-0.3, -0.25) is 9.59 Å². The van der Waals surface area contributed by atoms with Crippen molar-refractivity contribution in [3.8, 4) is 0 Å². The van der Waals surface area contributed by atoms with Crippen molar-refractivity contribution in [2.24, 2.45) is 0 Å². The van der Waals surface area contributed by atoms with Crippen molar-refractivity contribution in [1.82, 2.24) is 10.6 Å². The van der Waals surface area contributed by atoms with Gasteiger partial charge in [-0.1, -0.05) is 13.0 Å². The largest absolute Gasteiger partial charge is 0.394 e. The fourth-order valence-electron chi connectivity index (χ4n) is 1.50. The van der Waals surface area contributed by atoms with E-state index >= 15 is 0 Å². The number of hydrogen-bond donors (Lipinski definition) is 3. The van der Waals surface area contributed by atoms with Crippen LogP contribution < -0.4 is 10.6 Å². The Morgan fingerprint density at radius 3 is 2.47 bits per heavy atom. The molecular formula is C14H20N2O3. The number of hydrogen-bond acceptors (Lipinski definition) is 3. The van der Waals surface area contributed by atoms with Crippen LogP contribution >= 0.6 is 0 Å². The molecule has 3 N–H and O–H groups in total. The van der Waals surface area contributed by atoms with Crippen LogP contribution in [0.5, 0.6) is 0 Å². The van der Waals surface area contributed by atoms with Crippen molar-refractivity contribution in [3.63, 3.8) is 0 Å². The first kappa shape index (κ1) is 15.2. The molecule has 0 aliphatic rings. The minimum absolute atomic E-state index is 0.123.